The lowest BCUT2D eigenvalue weighted by atomic mass is 10.1. The van der Waals surface area contributed by atoms with Gasteiger partial charge in [0, 0.05) is 29.7 Å². The average Bonchev–Trinajstić information content (AvgIpc) is 2.77. The zero-order chi connectivity index (χ0) is 11.5. The molecule has 3 nitrogen and oxygen atoms in total. The Bertz CT molecular complexity index is 474. The molecule has 0 aliphatic rings. The molecule has 0 aliphatic carbocycles. The number of aromatic nitrogens is 2. The molecule has 2 rings (SSSR count). The molecule has 0 radical (unpaired) electrons. The summed E-state index contributed by atoms with van der Waals surface area (Å²) >= 11 is 0. The second kappa shape index (κ2) is 4.39. The van der Waals surface area contributed by atoms with Gasteiger partial charge in [-0.3, -0.25) is 0 Å². The van der Waals surface area contributed by atoms with Crippen LogP contribution >= 0.6 is 0 Å². The molecule has 0 saturated carbocycles. The molecular formula is C13H17N3. The third-order valence-corrected chi connectivity index (χ3v) is 2.88. The molecule has 3 heteroatoms. The maximum atomic E-state index is 5.79. The van der Waals surface area contributed by atoms with Crippen molar-refractivity contribution < 1.29 is 0 Å². The molecule has 0 bridgehead atoms. The van der Waals surface area contributed by atoms with Crippen molar-refractivity contribution in [3.63, 3.8) is 0 Å². The van der Waals surface area contributed by atoms with Gasteiger partial charge in [-0.25, -0.2) is 4.98 Å². The molecule has 2 N–H and O–H groups in total. The Labute approximate surface area is 95.9 Å². The molecule has 1 heterocycles. The third kappa shape index (κ3) is 1.94. The molecule has 0 fully saturated rings. The predicted octanol–water partition coefficient (Wildman–Crippen LogP) is 3.10. The molecule has 1 unspecified atom stereocenters. The first-order valence-corrected chi connectivity index (χ1v) is 5.61. The topological polar surface area (TPSA) is 43.8 Å². The van der Waals surface area contributed by atoms with E-state index in [0.717, 1.165) is 23.5 Å². The van der Waals surface area contributed by atoms with Crippen LogP contribution in [0.1, 0.15) is 26.3 Å². The fourth-order valence-corrected chi connectivity index (χ4v) is 1.77. The number of nitrogens with two attached hydrogens (primary N) is 1. The molecule has 1 aromatic heterocycles. The maximum absolute atomic E-state index is 5.79. The van der Waals surface area contributed by atoms with Crippen molar-refractivity contribution in [1.82, 2.24) is 9.55 Å². The fourth-order valence-electron chi connectivity index (χ4n) is 1.77. The number of imidazole rings is 1. The van der Waals surface area contributed by atoms with Crippen LogP contribution in [-0.4, -0.2) is 9.55 Å². The van der Waals surface area contributed by atoms with Crippen molar-refractivity contribution in [1.29, 1.82) is 0 Å². The van der Waals surface area contributed by atoms with Gasteiger partial charge in [-0.15, -0.1) is 0 Å². The Morgan fingerprint density at radius 1 is 1.44 bits per heavy atom. The number of hydrogen-bond acceptors (Lipinski definition) is 2. The molecule has 16 heavy (non-hydrogen) atoms. The van der Waals surface area contributed by atoms with Gasteiger partial charge in [0.1, 0.15) is 5.82 Å². The van der Waals surface area contributed by atoms with Gasteiger partial charge in [-0.05, 0) is 25.5 Å². The van der Waals surface area contributed by atoms with E-state index >= 15 is 0 Å². The van der Waals surface area contributed by atoms with E-state index in [9.17, 15) is 0 Å². The van der Waals surface area contributed by atoms with Crippen LogP contribution in [0.4, 0.5) is 5.69 Å². The number of nitrogen functional groups attached to an aromatic ring is 1. The summed E-state index contributed by atoms with van der Waals surface area (Å²) in [6, 6.07) is 8.30. The highest BCUT2D eigenvalue weighted by atomic mass is 15.1. The average molecular weight is 215 g/mol. The molecule has 0 spiro atoms. The van der Waals surface area contributed by atoms with Crippen LogP contribution in [-0.2, 0) is 0 Å². The van der Waals surface area contributed by atoms with Crippen LogP contribution in [0.25, 0.3) is 11.4 Å². The lowest BCUT2D eigenvalue weighted by Crippen LogP contribution is -2.04. The highest BCUT2D eigenvalue weighted by Crippen LogP contribution is 2.23. The Kier molecular flexibility index (Phi) is 2.95. The standard InChI is InChI=1S/C13H17N3/c1-3-10(2)16-8-7-15-13(16)11-5-4-6-12(14)9-11/h4-10H,3,14H2,1-2H3. The van der Waals surface area contributed by atoms with Crippen molar-refractivity contribution in [3.8, 4) is 11.4 Å². The van der Waals surface area contributed by atoms with E-state index in [1.54, 1.807) is 0 Å². The predicted molar refractivity (Wildman–Crippen MR) is 67.1 cm³/mol. The van der Waals surface area contributed by atoms with Crippen LogP contribution < -0.4 is 5.73 Å². The summed E-state index contributed by atoms with van der Waals surface area (Å²) in [6.45, 7) is 4.37. The normalized spacial score (nSPS) is 12.6. The van der Waals surface area contributed by atoms with E-state index in [0.29, 0.717) is 6.04 Å². The van der Waals surface area contributed by atoms with Crippen molar-refractivity contribution in [2.75, 3.05) is 5.73 Å². The summed E-state index contributed by atoms with van der Waals surface area (Å²) in [4.78, 5) is 4.40. The molecule has 1 atom stereocenters. The van der Waals surface area contributed by atoms with Gasteiger partial charge in [0.2, 0.25) is 0 Å². The second-order valence-electron chi connectivity index (χ2n) is 4.04. The van der Waals surface area contributed by atoms with Gasteiger partial charge in [0.25, 0.3) is 0 Å². The van der Waals surface area contributed by atoms with Crippen molar-refractivity contribution in [3.05, 3.63) is 36.7 Å². The molecule has 84 valence electrons. The van der Waals surface area contributed by atoms with E-state index in [-0.39, 0.29) is 0 Å². The Hall–Kier alpha value is -1.77. The van der Waals surface area contributed by atoms with Gasteiger partial charge >= 0.3 is 0 Å². The molecule has 0 aliphatic heterocycles. The van der Waals surface area contributed by atoms with Crippen molar-refractivity contribution in [2.45, 2.75) is 26.3 Å². The molecule has 2 aromatic rings. The van der Waals surface area contributed by atoms with Crippen LogP contribution in [0.5, 0.6) is 0 Å². The highest BCUT2D eigenvalue weighted by Gasteiger charge is 2.09. The van der Waals surface area contributed by atoms with E-state index < -0.39 is 0 Å². The first-order valence-electron chi connectivity index (χ1n) is 5.61. The molecule has 0 saturated heterocycles. The second-order valence-corrected chi connectivity index (χ2v) is 4.04. The first kappa shape index (κ1) is 10.7. The number of anilines is 1. The highest BCUT2D eigenvalue weighted by molar-refractivity contribution is 5.61. The Morgan fingerprint density at radius 3 is 2.94 bits per heavy atom. The minimum absolute atomic E-state index is 0.457. The van der Waals surface area contributed by atoms with Gasteiger partial charge in [-0.2, -0.15) is 0 Å². The molecular weight excluding hydrogens is 198 g/mol. The van der Waals surface area contributed by atoms with E-state index in [1.165, 1.54) is 0 Å². The van der Waals surface area contributed by atoms with Gasteiger partial charge in [0.05, 0.1) is 0 Å². The smallest absolute Gasteiger partial charge is 0.140 e. The first-order chi connectivity index (χ1) is 7.72. The van der Waals surface area contributed by atoms with Crippen molar-refractivity contribution in [2.24, 2.45) is 0 Å². The third-order valence-electron chi connectivity index (χ3n) is 2.88. The van der Waals surface area contributed by atoms with Crippen LogP contribution in [0.15, 0.2) is 36.7 Å². The summed E-state index contributed by atoms with van der Waals surface area (Å²) in [6.07, 6.45) is 4.95. The van der Waals surface area contributed by atoms with Gasteiger partial charge in [0.15, 0.2) is 0 Å². The molecule has 0 amide bonds. The van der Waals surface area contributed by atoms with Crippen LogP contribution in [0.2, 0.25) is 0 Å². The minimum atomic E-state index is 0.457. The summed E-state index contributed by atoms with van der Waals surface area (Å²) in [5.74, 6) is 0.988. The number of hydrogen-bond donors (Lipinski definition) is 1. The number of benzene rings is 1. The van der Waals surface area contributed by atoms with E-state index in [2.05, 4.69) is 23.4 Å². The quantitative estimate of drug-likeness (QED) is 0.799. The van der Waals surface area contributed by atoms with Crippen LogP contribution in [0.3, 0.4) is 0 Å². The zero-order valence-electron chi connectivity index (χ0n) is 9.72. The number of rotatable bonds is 3. The van der Waals surface area contributed by atoms with Crippen molar-refractivity contribution >= 4 is 5.69 Å². The summed E-state index contributed by atoms with van der Waals surface area (Å²) in [5, 5.41) is 0. The largest absolute Gasteiger partial charge is 0.399 e. The van der Waals surface area contributed by atoms with Gasteiger partial charge in [-0.1, -0.05) is 19.1 Å². The summed E-state index contributed by atoms with van der Waals surface area (Å²) < 4.78 is 2.19. The molecule has 1 aromatic carbocycles. The zero-order valence-corrected chi connectivity index (χ0v) is 9.72. The lowest BCUT2D eigenvalue weighted by molar-refractivity contribution is 0.536. The van der Waals surface area contributed by atoms with E-state index in [4.69, 9.17) is 5.73 Å². The Morgan fingerprint density at radius 2 is 2.25 bits per heavy atom. The van der Waals surface area contributed by atoms with E-state index in [1.807, 2.05) is 36.7 Å². The fraction of sp³-hybridized carbons (Fsp3) is 0.308. The summed E-state index contributed by atoms with van der Waals surface area (Å²) in [5.41, 5.74) is 7.63. The lowest BCUT2D eigenvalue weighted by Gasteiger charge is -2.14. The Balaban J connectivity index is 2.44. The monoisotopic (exact) mass is 215 g/mol. The summed E-state index contributed by atoms with van der Waals surface area (Å²) in [7, 11) is 0. The number of nitrogens with zero attached hydrogens (tertiary/aromatic N) is 2. The van der Waals surface area contributed by atoms with Crippen LogP contribution in [0, 0.1) is 0 Å². The van der Waals surface area contributed by atoms with Gasteiger partial charge < -0.3 is 10.3 Å². The minimum Gasteiger partial charge on any atom is -0.399 e. The SMILES string of the molecule is CCC(C)n1ccnc1-c1cccc(N)c1. The maximum Gasteiger partial charge on any atom is 0.140 e.